The van der Waals surface area contributed by atoms with Crippen LogP contribution in [0.2, 0.25) is 18.8 Å². The van der Waals surface area contributed by atoms with Crippen molar-refractivity contribution >= 4 is 24.2 Å². The van der Waals surface area contributed by atoms with E-state index in [1.165, 1.54) is 6.42 Å². The quantitative estimate of drug-likeness (QED) is 0.672. The summed E-state index contributed by atoms with van der Waals surface area (Å²) < 4.78 is 0.806. The molecule has 1 nitrogen and oxygen atoms in total. The van der Waals surface area contributed by atoms with Crippen LogP contribution in [0.5, 0.6) is 0 Å². The number of rotatable bonds is 1. The molecule has 0 aromatic rings. The van der Waals surface area contributed by atoms with E-state index in [-0.39, 0.29) is 0 Å². The fourth-order valence-corrected chi connectivity index (χ4v) is 10.2. The first kappa shape index (κ1) is 10.5. The molecule has 0 amide bonds. The standard InChI is InChI=1S/C7H11O.3CH3.Sn/c1-6-4-2-3-5-7(6)8;;;;/h4,6H,2-3,5H2,1H3;3*1H3;. The average Bonchev–Trinajstić information content (AvgIpc) is 1.92. The molecule has 0 saturated heterocycles. The number of hydrogen-bond donors (Lipinski definition) is 0. The van der Waals surface area contributed by atoms with E-state index in [1.54, 1.807) is 0 Å². The Kier molecular flexibility index (Phi) is 3.24. The van der Waals surface area contributed by atoms with E-state index >= 15 is 0 Å². The van der Waals surface area contributed by atoms with E-state index in [0.717, 1.165) is 16.8 Å². The van der Waals surface area contributed by atoms with Crippen molar-refractivity contribution in [3.05, 3.63) is 0 Å². The Morgan fingerprint density at radius 2 is 1.92 bits per heavy atom. The summed E-state index contributed by atoms with van der Waals surface area (Å²) in [5.41, 5.74) is 0. The van der Waals surface area contributed by atoms with Gasteiger partial charge in [0.15, 0.2) is 0 Å². The SMILES string of the molecule is CC1C(=O)CCC[CH]1[Sn]([CH3])([CH3])[CH3]. The molecule has 2 heteroatoms. The Labute approximate surface area is 79.8 Å². The second-order valence-electron chi connectivity index (χ2n) is 5.12. The molecule has 2 unspecified atom stereocenters. The van der Waals surface area contributed by atoms with Crippen molar-refractivity contribution in [3.63, 3.8) is 0 Å². The predicted octanol–water partition coefficient (Wildman–Crippen LogP) is 3.08. The number of carbonyl (C=O) groups is 1. The molecule has 0 bridgehead atoms. The van der Waals surface area contributed by atoms with Gasteiger partial charge in [0.25, 0.3) is 0 Å². The van der Waals surface area contributed by atoms with Gasteiger partial charge in [0, 0.05) is 0 Å². The van der Waals surface area contributed by atoms with Gasteiger partial charge in [0.05, 0.1) is 0 Å². The summed E-state index contributed by atoms with van der Waals surface area (Å²) in [6.07, 6.45) is 3.33. The third kappa shape index (κ3) is 2.24. The van der Waals surface area contributed by atoms with E-state index in [9.17, 15) is 4.79 Å². The average molecular weight is 275 g/mol. The first-order valence-corrected chi connectivity index (χ1v) is 15.2. The second kappa shape index (κ2) is 3.68. The molecule has 0 aromatic carbocycles. The van der Waals surface area contributed by atoms with Crippen LogP contribution in [0, 0.1) is 5.92 Å². The van der Waals surface area contributed by atoms with Crippen LogP contribution in [0.3, 0.4) is 0 Å². The van der Waals surface area contributed by atoms with Crippen molar-refractivity contribution in [1.29, 1.82) is 0 Å². The maximum atomic E-state index is 11.5. The Balaban J connectivity index is 2.70. The van der Waals surface area contributed by atoms with Gasteiger partial charge < -0.3 is 0 Å². The van der Waals surface area contributed by atoms with Crippen LogP contribution >= 0.6 is 0 Å². The van der Waals surface area contributed by atoms with Crippen molar-refractivity contribution in [2.45, 2.75) is 44.9 Å². The third-order valence-corrected chi connectivity index (χ3v) is 11.8. The van der Waals surface area contributed by atoms with Crippen LogP contribution in [0.4, 0.5) is 0 Å². The van der Waals surface area contributed by atoms with Gasteiger partial charge in [-0.1, -0.05) is 0 Å². The molecule has 1 fully saturated rings. The third-order valence-electron chi connectivity index (χ3n) is 3.16. The number of carbonyl (C=O) groups excluding carboxylic acids is 1. The first-order chi connectivity index (χ1) is 5.43. The minimum atomic E-state index is -1.79. The number of ketones is 1. The molecule has 0 aliphatic heterocycles. The monoisotopic (exact) mass is 276 g/mol. The van der Waals surface area contributed by atoms with Crippen molar-refractivity contribution < 1.29 is 4.79 Å². The van der Waals surface area contributed by atoms with Crippen LogP contribution in [0.15, 0.2) is 0 Å². The van der Waals surface area contributed by atoms with Crippen molar-refractivity contribution in [2.24, 2.45) is 5.92 Å². The predicted molar refractivity (Wildman–Crippen MR) is 55.1 cm³/mol. The van der Waals surface area contributed by atoms with Gasteiger partial charge in [0.1, 0.15) is 0 Å². The molecular weight excluding hydrogens is 255 g/mol. The van der Waals surface area contributed by atoms with Gasteiger partial charge in [-0.3, -0.25) is 0 Å². The summed E-state index contributed by atoms with van der Waals surface area (Å²) in [6, 6.07) is 0. The Morgan fingerprint density at radius 3 is 2.33 bits per heavy atom. The number of hydrogen-bond acceptors (Lipinski definition) is 1. The minimum absolute atomic E-state index is 0.384. The van der Waals surface area contributed by atoms with Gasteiger partial charge in [-0.05, 0) is 0 Å². The van der Waals surface area contributed by atoms with Gasteiger partial charge >= 0.3 is 79.8 Å². The summed E-state index contributed by atoms with van der Waals surface area (Å²) in [5, 5.41) is 0. The van der Waals surface area contributed by atoms with E-state index < -0.39 is 18.4 Å². The summed E-state index contributed by atoms with van der Waals surface area (Å²) in [5.74, 6) is 0.910. The Hall–Kier alpha value is 0.469. The fourth-order valence-electron chi connectivity index (χ4n) is 2.38. The fraction of sp³-hybridized carbons (Fsp3) is 0.900. The van der Waals surface area contributed by atoms with Crippen LogP contribution in [0.1, 0.15) is 26.2 Å². The molecule has 1 saturated carbocycles. The molecule has 12 heavy (non-hydrogen) atoms. The Morgan fingerprint density at radius 1 is 1.33 bits per heavy atom. The molecule has 1 aliphatic carbocycles. The second-order valence-corrected chi connectivity index (χ2v) is 20.7. The van der Waals surface area contributed by atoms with Crippen molar-refractivity contribution in [1.82, 2.24) is 0 Å². The molecule has 0 N–H and O–H groups in total. The molecule has 0 spiro atoms. The summed E-state index contributed by atoms with van der Waals surface area (Å²) in [7, 11) is 0. The van der Waals surface area contributed by atoms with Crippen molar-refractivity contribution in [2.75, 3.05) is 0 Å². The van der Waals surface area contributed by atoms with E-state index in [2.05, 4.69) is 21.7 Å². The van der Waals surface area contributed by atoms with Crippen molar-refractivity contribution in [3.8, 4) is 0 Å². The first-order valence-electron chi connectivity index (χ1n) is 4.95. The molecule has 0 heterocycles. The zero-order chi connectivity index (χ0) is 9.35. The molecule has 70 valence electrons. The van der Waals surface area contributed by atoms with Crippen LogP contribution in [-0.4, -0.2) is 24.2 Å². The van der Waals surface area contributed by atoms with Crippen LogP contribution < -0.4 is 0 Å². The molecule has 1 aliphatic rings. The molecular formula is C10H20OSn. The molecule has 2 atom stereocenters. The normalized spacial score (nSPS) is 32.2. The topological polar surface area (TPSA) is 17.1 Å². The van der Waals surface area contributed by atoms with E-state index in [1.807, 2.05) is 0 Å². The zero-order valence-electron chi connectivity index (χ0n) is 8.68. The number of Topliss-reactive ketones (excluding diaryl/α,β-unsaturated/α-hetero) is 1. The Bertz CT molecular complexity index is 181. The molecule has 0 aromatic heterocycles. The van der Waals surface area contributed by atoms with Gasteiger partial charge in [0.2, 0.25) is 0 Å². The van der Waals surface area contributed by atoms with Crippen LogP contribution in [0.25, 0.3) is 0 Å². The van der Waals surface area contributed by atoms with E-state index in [4.69, 9.17) is 0 Å². The summed E-state index contributed by atoms with van der Waals surface area (Å²) in [4.78, 5) is 18.8. The van der Waals surface area contributed by atoms with Crippen LogP contribution in [-0.2, 0) is 4.79 Å². The van der Waals surface area contributed by atoms with Gasteiger partial charge in [-0.25, -0.2) is 0 Å². The maximum absolute atomic E-state index is 11.5. The zero-order valence-corrected chi connectivity index (χ0v) is 11.5. The summed E-state index contributed by atoms with van der Waals surface area (Å²) in [6.45, 7) is 2.15. The van der Waals surface area contributed by atoms with Gasteiger partial charge in [-0.15, -0.1) is 0 Å². The summed E-state index contributed by atoms with van der Waals surface area (Å²) >= 11 is -1.79. The molecule has 1 rings (SSSR count). The molecule has 0 radical (unpaired) electrons. The van der Waals surface area contributed by atoms with Gasteiger partial charge in [-0.2, -0.15) is 0 Å². The van der Waals surface area contributed by atoms with E-state index in [0.29, 0.717) is 11.7 Å².